The second kappa shape index (κ2) is 12.1. The second-order valence-corrected chi connectivity index (χ2v) is 8.96. The average molecular weight is 456 g/mol. The number of guanidine groups is 1. The molecule has 2 aromatic rings. The Balaban J connectivity index is 1.65. The van der Waals surface area contributed by atoms with Crippen LogP contribution in [0.15, 0.2) is 96.1 Å². The maximum Gasteiger partial charge on any atom is 0.203 e. The number of hydrogen-bond acceptors (Lipinski definition) is 2. The van der Waals surface area contributed by atoms with Crippen molar-refractivity contribution in [3.05, 3.63) is 119 Å². The molecule has 1 aliphatic heterocycles. The lowest BCUT2D eigenvalue weighted by atomic mass is 10.0. The van der Waals surface area contributed by atoms with Crippen molar-refractivity contribution in [1.82, 2.24) is 10.0 Å². The molecule has 33 heavy (non-hydrogen) atoms. The Hall–Kier alpha value is -3.24. The van der Waals surface area contributed by atoms with E-state index in [9.17, 15) is 0 Å². The number of hydrogen-bond donors (Lipinski definition) is 2. The van der Waals surface area contributed by atoms with Crippen LogP contribution in [0.5, 0.6) is 0 Å². The van der Waals surface area contributed by atoms with Crippen molar-refractivity contribution in [1.29, 1.82) is 0 Å². The summed E-state index contributed by atoms with van der Waals surface area (Å²) in [5.74, 6) is 0.817. The molecule has 0 spiro atoms. The van der Waals surface area contributed by atoms with Crippen LogP contribution in [0.1, 0.15) is 54.0 Å². The maximum atomic E-state index is 4.74. The van der Waals surface area contributed by atoms with E-state index in [1.165, 1.54) is 33.4 Å². The highest BCUT2D eigenvalue weighted by molar-refractivity contribution is 7.98. The minimum Gasteiger partial charge on any atom is -0.338 e. The number of rotatable bonds is 8. The molecule has 170 valence electrons. The summed E-state index contributed by atoms with van der Waals surface area (Å²) in [6, 6.07) is 15.2. The molecular formula is C29H33N3S. The van der Waals surface area contributed by atoms with E-state index in [-0.39, 0.29) is 5.37 Å². The highest BCUT2D eigenvalue weighted by Crippen LogP contribution is 2.29. The summed E-state index contributed by atoms with van der Waals surface area (Å²) in [4.78, 5) is 4.74. The van der Waals surface area contributed by atoms with Gasteiger partial charge in [0.15, 0.2) is 0 Å². The predicted molar refractivity (Wildman–Crippen MR) is 147 cm³/mol. The van der Waals surface area contributed by atoms with Crippen LogP contribution in [0.25, 0.3) is 11.6 Å². The van der Waals surface area contributed by atoms with Crippen LogP contribution in [0, 0.1) is 6.92 Å². The monoisotopic (exact) mass is 455 g/mol. The molecule has 1 fully saturated rings. The van der Waals surface area contributed by atoms with E-state index >= 15 is 0 Å². The van der Waals surface area contributed by atoms with Gasteiger partial charge >= 0.3 is 0 Å². The highest BCUT2D eigenvalue weighted by Gasteiger charge is 2.21. The van der Waals surface area contributed by atoms with E-state index in [0.29, 0.717) is 6.54 Å². The third-order valence-electron chi connectivity index (χ3n) is 5.18. The van der Waals surface area contributed by atoms with Crippen molar-refractivity contribution < 1.29 is 0 Å². The summed E-state index contributed by atoms with van der Waals surface area (Å²) in [6.07, 6.45) is 14.6. The van der Waals surface area contributed by atoms with Gasteiger partial charge in [-0.15, -0.1) is 0 Å². The van der Waals surface area contributed by atoms with Gasteiger partial charge in [-0.2, -0.15) is 0 Å². The van der Waals surface area contributed by atoms with Crippen molar-refractivity contribution in [3.63, 3.8) is 0 Å². The number of allylic oxidation sites excluding steroid dienone is 8. The van der Waals surface area contributed by atoms with E-state index < -0.39 is 0 Å². The van der Waals surface area contributed by atoms with Gasteiger partial charge in [0.25, 0.3) is 0 Å². The van der Waals surface area contributed by atoms with Gasteiger partial charge in [-0.25, -0.2) is 4.99 Å². The minimum absolute atomic E-state index is 0.135. The summed E-state index contributed by atoms with van der Waals surface area (Å²) in [7, 11) is 0. The van der Waals surface area contributed by atoms with Gasteiger partial charge in [0.1, 0.15) is 5.37 Å². The molecule has 0 amide bonds. The predicted octanol–water partition coefficient (Wildman–Crippen LogP) is 7.52. The number of aryl methyl sites for hydroxylation is 1. The lowest BCUT2D eigenvalue weighted by molar-refractivity contribution is 0.886. The summed E-state index contributed by atoms with van der Waals surface area (Å²) in [5, 5.41) is 3.63. The lowest BCUT2D eigenvalue weighted by Gasteiger charge is -2.11. The Labute approximate surface area is 202 Å². The van der Waals surface area contributed by atoms with Crippen LogP contribution in [0.2, 0.25) is 0 Å². The smallest absolute Gasteiger partial charge is 0.203 e. The quantitative estimate of drug-likeness (QED) is 0.319. The summed E-state index contributed by atoms with van der Waals surface area (Å²) >= 11 is 1.65. The third-order valence-corrected chi connectivity index (χ3v) is 6.12. The van der Waals surface area contributed by atoms with Crippen molar-refractivity contribution in [2.75, 3.05) is 0 Å². The van der Waals surface area contributed by atoms with E-state index in [1.807, 2.05) is 32.9 Å². The van der Waals surface area contributed by atoms with Gasteiger partial charge in [-0.1, -0.05) is 91.1 Å². The molecular weight excluding hydrogens is 422 g/mol. The molecule has 3 rings (SSSR count). The van der Waals surface area contributed by atoms with Crippen LogP contribution in [0.4, 0.5) is 0 Å². The summed E-state index contributed by atoms with van der Waals surface area (Å²) in [6.45, 7) is 12.8. The molecule has 0 saturated carbocycles. The Morgan fingerprint density at radius 3 is 2.58 bits per heavy atom. The largest absolute Gasteiger partial charge is 0.338 e. The van der Waals surface area contributed by atoms with Gasteiger partial charge in [-0.3, -0.25) is 4.72 Å². The fraction of sp³-hybridized carbons (Fsp3) is 0.207. The van der Waals surface area contributed by atoms with Gasteiger partial charge < -0.3 is 5.32 Å². The molecule has 2 N–H and O–H groups in total. The Bertz CT molecular complexity index is 1120. The van der Waals surface area contributed by atoms with Gasteiger partial charge in [-0.05, 0) is 79.1 Å². The first-order chi connectivity index (χ1) is 16.0. The molecule has 1 unspecified atom stereocenters. The van der Waals surface area contributed by atoms with Crippen molar-refractivity contribution >= 4 is 29.6 Å². The molecule has 1 saturated heterocycles. The summed E-state index contributed by atoms with van der Waals surface area (Å²) in [5.41, 5.74) is 8.29. The number of benzene rings is 2. The first-order valence-corrected chi connectivity index (χ1v) is 12.1. The fourth-order valence-electron chi connectivity index (χ4n) is 3.44. The molecule has 2 aromatic carbocycles. The zero-order valence-electron chi connectivity index (χ0n) is 19.9. The number of nitrogens with zero attached hydrogens (tertiary/aromatic N) is 1. The molecule has 3 nitrogen and oxygen atoms in total. The van der Waals surface area contributed by atoms with E-state index in [1.54, 1.807) is 11.9 Å². The first kappa shape index (κ1) is 24.4. The molecule has 1 atom stereocenters. The SMILES string of the molecule is C=C(C)/C=C(\C=C/C)c1ccc(CN=C2NSC(c3ccc(C)c(/C=C\C=C/C)c3)N2)cc1. The number of aliphatic imine (C=N–C) groups is 1. The van der Waals surface area contributed by atoms with Gasteiger partial charge in [0, 0.05) is 0 Å². The molecule has 0 aromatic heterocycles. The second-order valence-electron chi connectivity index (χ2n) is 8.05. The zero-order valence-corrected chi connectivity index (χ0v) is 20.7. The maximum absolute atomic E-state index is 4.74. The van der Waals surface area contributed by atoms with Crippen molar-refractivity contribution in [3.8, 4) is 0 Å². The van der Waals surface area contributed by atoms with Crippen LogP contribution in [-0.2, 0) is 6.54 Å². The van der Waals surface area contributed by atoms with E-state index in [0.717, 1.165) is 11.5 Å². The average Bonchev–Trinajstić information content (AvgIpc) is 3.28. The van der Waals surface area contributed by atoms with Crippen LogP contribution >= 0.6 is 11.9 Å². The molecule has 0 aliphatic carbocycles. The third kappa shape index (κ3) is 7.13. The van der Waals surface area contributed by atoms with Crippen LogP contribution in [0.3, 0.4) is 0 Å². The van der Waals surface area contributed by atoms with Crippen LogP contribution < -0.4 is 10.0 Å². The Morgan fingerprint density at radius 1 is 1.09 bits per heavy atom. The minimum atomic E-state index is 0.135. The van der Waals surface area contributed by atoms with Crippen molar-refractivity contribution in [2.45, 2.75) is 39.6 Å². The molecule has 0 radical (unpaired) electrons. The standard InChI is InChI=1S/C29H33N3S/c1-6-8-9-11-25-19-27(15-12-22(25)5)28-31-29(32-33-28)30-20-23-13-16-24(17-14-23)26(10-7-2)18-21(3)4/h6-19,28H,3,20H2,1-2,4-5H3,(H2,30,31,32)/b8-6-,10-7-,11-9-,26-18+. The first-order valence-electron chi connectivity index (χ1n) is 11.2. The number of nitrogens with one attached hydrogen (secondary N) is 2. The molecule has 0 bridgehead atoms. The zero-order chi connectivity index (χ0) is 23.6. The normalized spacial score (nSPS) is 17.9. The molecule has 1 heterocycles. The fourth-order valence-corrected chi connectivity index (χ4v) is 4.25. The van der Waals surface area contributed by atoms with E-state index in [4.69, 9.17) is 4.99 Å². The Morgan fingerprint density at radius 2 is 1.88 bits per heavy atom. The topological polar surface area (TPSA) is 36.4 Å². The highest BCUT2D eigenvalue weighted by atomic mass is 32.2. The van der Waals surface area contributed by atoms with Gasteiger partial charge in [0.2, 0.25) is 5.96 Å². The molecule has 4 heteroatoms. The van der Waals surface area contributed by atoms with Crippen molar-refractivity contribution in [2.24, 2.45) is 4.99 Å². The molecule has 1 aliphatic rings. The summed E-state index contributed by atoms with van der Waals surface area (Å²) < 4.78 is 3.33. The van der Waals surface area contributed by atoms with Gasteiger partial charge in [0.05, 0.1) is 6.54 Å². The van der Waals surface area contributed by atoms with Crippen LogP contribution in [-0.4, -0.2) is 5.96 Å². The van der Waals surface area contributed by atoms with E-state index in [2.05, 4.69) is 96.4 Å². The Kier molecular flexibility index (Phi) is 8.96. The lowest BCUT2D eigenvalue weighted by Crippen LogP contribution is -2.24.